The number of pyridine rings is 1. The van der Waals surface area contributed by atoms with Crippen LogP contribution in [0.1, 0.15) is 46.0 Å². The Morgan fingerprint density at radius 2 is 1.06 bits per heavy atom. The van der Waals surface area contributed by atoms with Crippen molar-refractivity contribution in [2.45, 2.75) is 13.8 Å². The van der Waals surface area contributed by atoms with Crippen LogP contribution >= 0.6 is 23.2 Å². The van der Waals surface area contributed by atoms with Gasteiger partial charge in [0.15, 0.2) is 0 Å². The van der Waals surface area contributed by atoms with E-state index in [-0.39, 0.29) is 11.8 Å². The van der Waals surface area contributed by atoms with E-state index in [1.165, 1.54) is 0 Å². The first-order chi connectivity index (χ1) is 15.3. The van der Waals surface area contributed by atoms with Crippen LogP contribution in [-0.2, 0) is 0 Å². The van der Waals surface area contributed by atoms with Crippen LogP contribution in [0.4, 0.5) is 0 Å². The second-order valence-electron chi connectivity index (χ2n) is 6.70. The fourth-order valence-electron chi connectivity index (χ4n) is 2.55. The number of carbonyl (C=O) groups excluding carboxylic acids is 2. The number of aromatic nitrogens is 1. The predicted octanol–water partition coefficient (Wildman–Crippen LogP) is 4.70. The first kappa shape index (κ1) is 23.1. The van der Waals surface area contributed by atoms with Gasteiger partial charge >= 0.3 is 0 Å². The van der Waals surface area contributed by atoms with E-state index >= 15 is 0 Å². The molecule has 0 spiro atoms. The second-order valence-corrected chi connectivity index (χ2v) is 7.57. The number of benzene rings is 2. The van der Waals surface area contributed by atoms with Gasteiger partial charge in [-0.1, -0.05) is 29.3 Å². The molecule has 32 heavy (non-hydrogen) atoms. The van der Waals surface area contributed by atoms with Crippen molar-refractivity contribution in [2.75, 3.05) is 0 Å². The monoisotopic (exact) mass is 467 g/mol. The number of carbonyl (C=O) groups is 2. The highest BCUT2D eigenvalue weighted by atomic mass is 35.5. The molecule has 162 valence electrons. The third kappa shape index (κ3) is 6.23. The molecular weight excluding hydrogens is 449 g/mol. The van der Waals surface area contributed by atoms with Crippen molar-refractivity contribution in [1.29, 1.82) is 0 Å². The van der Waals surface area contributed by atoms with Crippen molar-refractivity contribution in [3.8, 4) is 0 Å². The smallest absolute Gasteiger partial charge is 0.267 e. The quantitative estimate of drug-likeness (QED) is 0.406. The van der Waals surface area contributed by atoms with Gasteiger partial charge in [0.2, 0.25) is 0 Å². The maximum Gasteiger partial charge on any atom is 0.271 e. The molecule has 2 N–H and O–H groups in total. The van der Waals surface area contributed by atoms with Crippen LogP contribution in [0.2, 0.25) is 10.0 Å². The molecule has 9 heteroatoms. The Morgan fingerprint density at radius 3 is 1.44 bits per heavy atom. The Balaban J connectivity index is 1.67. The molecule has 2 aromatic carbocycles. The molecule has 0 fully saturated rings. The molecule has 3 rings (SSSR count). The molecule has 1 aromatic heterocycles. The molecule has 0 saturated heterocycles. The van der Waals surface area contributed by atoms with E-state index in [0.717, 1.165) is 0 Å². The van der Waals surface area contributed by atoms with E-state index in [9.17, 15) is 9.59 Å². The zero-order valence-electron chi connectivity index (χ0n) is 17.3. The molecule has 7 nitrogen and oxygen atoms in total. The minimum atomic E-state index is -0.361. The Kier molecular flexibility index (Phi) is 7.70. The minimum Gasteiger partial charge on any atom is -0.267 e. The number of hydrogen-bond donors (Lipinski definition) is 2. The van der Waals surface area contributed by atoms with Crippen LogP contribution in [0.3, 0.4) is 0 Å². The lowest BCUT2D eigenvalue weighted by atomic mass is 10.2. The van der Waals surface area contributed by atoms with E-state index in [4.69, 9.17) is 23.2 Å². The first-order valence-corrected chi connectivity index (χ1v) is 10.3. The van der Waals surface area contributed by atoms with Gasteiger partial charge in [0.1, 0.15) is 0 Å². The number of hydrogen-bond acceptors (Lipinski definition) is 5. The van der Waals surface area contributed by atoms with Crippen LogP contribution in [0, 0.1) is 0 Å². The number of nitrogens with one attached hydrogen (secondary N) is 2. The lowest BCUT2D eigenvalue weighted by Crippen LogP contribution is -2.20. The second kappa shape index (κ2) is 10.7. The Labute approximate surface area is 195 Å². The summed E-state index contributed by atoms with van der Waals surface area (Å²) in [6.45, 7) is 3.45. The summed E-state index contributed by atoms with van der Waals surface area (Å²) in [5, 5.41) is 9.32. The zero-order chi connectivity index (χ0) is 23.1. The van der Waals surface area contributed by atoms with E-state index in [1.807, 2.05) is 0 Å². The predicted molar refractivity (Wildman–Crippen MR) is 126 cm³/mol. The maximum absolute atomic E-state index is 12.2. The molecule has 0 unspecified atom stereocenters. The average molecular weight is 468 g/mol. The zero-order valence-corrected chi connectivity index (χ0v) is 18.8. The van der Waals surface area contributed by atoms with Crippen LogP contribution in [0.15, 0.2) is 76.9 Å². The van der Waals surface area contributed by atoms with Gasteiger partial charge in [0.05, 0.1) is 22.8 Å². The van der Waals surface area contributed by atoms with Crippen molar-refractivity contribution < 1.29 is 9.59 Å². The van der Waals surface area contributed by atoms with Gasteiger partial charge in [-0.2, -0.15) is 10.2 Å². The summed E-state index contributed by atoms with van der Waals surface area (Å²) in [6, 6.07) is 18.3. The molecule has 0 aliphatic rings. The van der Waals surface area contributed by atoms with Crippen molar-refractivity contribution in [2.24, 2.45) is 10.2 Å². The molecule has 2 amide bonds. The summed E-state index contributed by atoms with van der Waals surface area (Å²) < 4.78 is 0. The topological polar surface area (TPSA) is 95.8 Å². The minimum absolute atomic E-state index is 0.361. The molecule has 0 radical (unpaired) electrons. The number of nitrogens with zero attached hydrogens (tertiary/aromatic N) is 3. The van der Waals surface area contributed by atoms with Crippen molar-refractivity contribution in [3.63, 3.8) is 0 Å². The van der Waals surface area contributed by atoms with Gasteiger partial charge in [-0.25, -0.2) is 15.8 Å². The summed E-state index contributed by atoms with van der Waals surface area (Å²) in [7, 11) is 0. The lowest BCUT2D eigenvalue weighted by Gasteiger charge is -2.06. The van der Waals surface area contributed by atoms with Gasteiger partial charge in [0.25, 0.3) is 11.8 Å². The average Bonchev–Trinajstić information content (AvgIpc) is 2.81. The summed E-state index contributed by atoms with van der Waals surface area (Å²) in [5.41, 5.74) is 7.99. The number of hydrazone groups is 2. The highest BCUT2D eigenvalue weighted by Crippen LogP contribution is 2.10. The molecular formula is C23H19Cl2N5O2. The third-order valence-electron chi connectivity index (χ3n) is 4.35. The molecule has 0 atom stereocenters. The largest absolute Gasteiger partial charge is 0.271 e. The fraction of sp³-hybridized carbons (Fsp3) is 0.0870. The Morgan fingerprint density at radius 1 is 0.688 bits per heavy atom. The summed E-state index contributed by atoms with van der Waals surface area (Å²) in [4.78, 5) is 28.9. The van der Waals surface area contributed by atoms with Crippen molar-refractivity contribution in [1.82, 2.24) is 15.8 Å². The number of rotatable bonds is 6. The van der Waals surface area contributed by atoms with Crippen LogP contribution in [0.5, 0.6) is 0 Å². The first-order valence-electron chi connectivity index (χ1n) is 9.51. The standard InChI is InChI=1S/C23H19Cl2N5O2/c1-14(27-29-22(31)16-6-10-18(24)11-7-16)20-4-3-5-21(26-20)15(2)28-30-23(32)17-8-12-19(25)13-9-17/h3-13H,1-2H3,(H,29,31)(H,30,32). The summed E-state index contributed by atoms with van der Waals surface area (Å²) in [6.07, 6.45) is 0. The van der Waals surface area contributed by atoms with E-state index < -0.39 is 0 Å². The van der Waals surface area contributed by atoms with E-state index in [0.29, 0.717) is 44.0 Å². The third-order valence-corrected chi connectivity index (χ3v) is 4.86. The van der Waals surface area contributed by atoms with Crippen molar-refractivity contribution >= 4 is 46.4 Å². The van der Waals surface area contributed by atoms with Crippen LogP contribution < -0.4 is 10.9 Å². The van der Waals surface area contributed by atoms with Gasteiger partial charge < -0.3 is 0 Å². The molecule has 1 heterocycles. The highest BCUT2D eigenvalue weighted by Gasteiger charge is 2.08. The van der Waals surface area contributed by atoms with Crippen LogP contribution in [0.25, 0.3) is 0 Å². The molecule has 0 bridgehead atoms. The van der Waals surface area contributed by atoms with Gasteiger partial charge in [-0.3, -0.25) is 9.59 Å². The van der Waals surface area contributed by atoms with Gasteiger partial charge in [0, 0.05) is 21.2 Å². The Hall–Kier alpha value is -3.55. The van der Waals surface area contributed by atoms with Crippen molar-refractivity contribution in [3.05, 3.63) is 99.3 Å². The Bertz CT molecular complexity index is 1100. The number of amides is 2. The van der Waals surface area contributed by atoms with Gasteiger partial charge in [-0.05, 0) is 74.5 Å². The maximum atomic E-state index is 12.2. The van der Waals surface area contributed by atoms with E-state index in [1.54, 1.807) is 80.6 Å². The molecule has 0 saturated carbocycles. The molecule has 3 aromatic rings. The summed E-state index contributed by atoms with van der Waals surface area (Å²) in [5.74, 6) is -0.723. The lowest BCUT2D eigenvalue weighted by molar-refractivity contribution is 0.0947. The number of halogens is 2. The normalized spacial score (nSPS) is 11.8. The summed E-state index contributed by atoms with van der Waals surface area (Å²) >= 11 is 11.7. The van der Waals surface area contributed by atoms with E-state index in [2.05, 4.69) is 26.0 Å². The molecule has 0 aliphatic heterocycles. The highest BCUT2D eigenvalue weighted by molar-refractivity contribution is 6.31. The van der Waals surface area contributed by atoms with Crippen LogP contribution in [-0.4, -0.2) is 28.2 Å². The SMILES string of the molecule is CC(=NNC(=O)c1ccc(Cl)cc1)c1cccc(C(C)=NNC(=O)c2ccc(Cl)cc2)n1. The van der Waals surface area contributed by atoms with Gasteiger partial charge in [-0.15, -0.1) is 0 Å². The molecule has 0 aliphatic carbocycles. The fourth-order valence-corrected chi connectivity index (χ4v) is 2.81.